The molecule has 5 heterocycles. The van der Waals surface area contributed by atoms with E-state index in [2.05, 4.69) is 15.0 Å². The number of piperidine rings is 1. The molecule has 31 heavy (non-hydrogen) atoms. The number of carbonyl (C=O) groups is 1. The molecular formula is C22H21F2N5O2. The predicted octanol–water partition coefficient (Wildman–Crippen LogP) is 3.07. The van der Waals surface area contributed by atoms with Crippen LogP contribution in [-0.2, 0) is 9.53 Å². The van der Waals surface area contributed by atoms with Gasteiger partial charge in [0.25, 0.3) is 5.91 Å². The van der Waals surface area contributed by atoms with Gasteiger partial charge in [-0.3, -0.25) is 4.79 Å². The summed E-state index contributed by atoms with van der Waals surface area (Å²) in [6.45, 7) is 1.23. The van der Waals surface area contributed by atoms with Crippen molar-refractivity contribution in [3.05, 3.63) is 59.9 Å². The van der Waals surface area contributed by atoms with E-state index in [1.807, 2.05) is 12.1 Å². The Balaban J connectivity index is 1.25. The maximum absolute atomic E-state index is 14.4. The van der Waals surface area contributed by atoms with Crippen LogP contribution in [0.5, 0.6) is 0 Å². The zero-order valence-electron chi connectivity index (χ0n) is 16.7. The third-order valence-corrected chi connectivity index (χ3v) is 6.82. The van der Waals surface area contributed by atoms with Crippen LogP contribution in [0.4, 0.5) is 14.6 Å². The molecule has 1 spiro atoms. The summed E-state index contributed by atoms with van der Waals surface area (Å²) >= 11 is 0. The van der Waals surface area contributed by atoms with E-state index in [-0.39, 0.29) is 11.5 Å². The molecule has 6 rings (SSSR count). The number of halogens is 2. The molecule has 160 valence electrons. The lowest BCUT2D eigenvalue weighted by Crippen LogP contribution is -2.50. The highest BCUT2D eigenvalue weighted by molar-refractivity contribution is 5.88. The standard InChI is InChI=1S/C22H21F2N5O2/c23-14-2-1-3-15(24)20(14)16-4-5-19-28(16)21(30)22(31-19)8-12-27(13-9-22)18-7-10-25-17-6-11-26-29(17)18/h1-3,6-7,10-11,16,19H,4-5,8-9,12-13H2. The van der Waals surface area contributed by atoms with Crippen LogP contribution in [0.1, 0.15) is 37.3 Å². The van der Waals surface area contributed by atoms with Gasteiger partial charge in [-0.05, 0) is 31.0 Å². The maximum atomic E-state index is 14.4. The van der Waals surface area contributed by atoms with Crippen molar-refractivity contribution in [2.75, 3.05) is 18.0 Å². The summed E-state index contributed by atoms with van der Waals surface area (Å²) in [6.07, 6.45) is 5.11. The highest BCUT2D eigenvalue weighted by Crippen LogP contribution is 2.48. The largest absolute Gasteiger partial charge is 0.356 e. The molecule has 1 aromatic carbocycles. The Bertz CT molecular complexity index is 1150. The van der Waals surface area contributed by atoms with E-state index >= 15 is 0 Å². The molecule has 3 aliphatic heterocycles. The van der Waals surface area contributed by atoms with Gasteiger partial charge in [-0.1, -0.05) is 6.07 Å². The van der Waals surface area contributed by atoms with Gasteiger partial charge in [0.2, 0.25) is 0 Å². The first-order chi connectivity index (χ1) is 15.1. The molecule has 2 unspecified atom stereocenters. The lowest BCUT2D eigenvalue weighted by Gasteiger charge is -2.38. The van der Waals surface area contributed by atoms with Crippen molar-refractivity contribution >= 4 is 17.4 Å². The maximum Gasteiger partial charge on any atom is 0.257 e. The third kappa shape index (κ3) is 2.69. The summed E-state index contributed by atoms with van der Waals surface area (Å²) in [7, 11) is 0. The van der Waals surface area contributed by atoms with E-state index in [0.717, 1.165) is 11.5 Å². The average molecular weight is 425 g/mol. The minimum Gasteiger partial charge on any atom is -0.356 e. The van der Waals surface area contributed by atoms with Gasteiger partial charge in [-0.25, -0.2) is 13.8 Å². The molecule has 3 saturated heterocycles. The highest BCUT2D eigenvalue weighted by atomic mass is 19.1. The molecule has 3 aliphatic rings. The van der Waals surface area contributed by atoms with Gasteiger partial charge in [-0.2, -0.15) is 9.61 Å². The van der Waals surface area contributed by atoms with Crippen molar-refractivity contribution < 1.29 is 18.3 Å². The van der Waals surface area contributed by atoms with E-state index < -0.39 is 29.5 Å². The van der Waals surface area contributed by atoms with Gasteiger partial charge in [-0.15, -0.1) is 0 Å². The molecule has 0 aliphatic carbocycles. The number of carbonyl (C=O) groups excluding carboxylic acids is 1. The van der Waals surface area contributed by atoms with Crippen LogP contribution in [0.15, 0.2) is 42.7 Å². The van der Waals surface area contributed by atoms with Gasteiger partial charge in [0, 0.05) is 43.8 Å². The highest BCUT2D eigenvalue weighted by Gasteiger charge is 2.58. The van der Waals surface area contributed by atoms with E-state index in [0.29, 0.717) is 38.8 Å². The number of fused-ring (bicyclic) bond motifs is 2. The second kappa shape index (κ2) is 6.71. The smallest absolute Gasteiger partial charge is 0.257 e. The van der Waals surface area contributed by atoms with Crippen molar-refractivity contribution in [3.63, 3.8) is 0 Å². The number of aromatic nitrogens is 3. The average Bonchev–Trinajstić information content (AvgIpc) is 3.46. The van der Waals surface area contributed by atoms with Gasteiger partial charge < -0.3 is 14.5 Å². The Morgan fingerprint density at radius 3 is 2.58 bits per heavy atom. The summed E-state index contributed by atoms with van der Waals surface area (Å²) in [5, 5.41) is 4.34. The molecule has 9 heteroatoms. The lowest BCUT2D eigenvalue weighted by atomic mass is 9.89. The van der Waals surface area contributed by atoms with Crippen LogP contribution < -0.4 is 4.90 Å². The fourth-order valence-electron chi connectivity index (χ4n) is 5.32. The van der Waals surface area contributed by atoms with Crippen LogP contribution in [0.3, 0.4) is 0 Å². The molecule has 2 aromatic heterocycles. The number of benzene rings is 1. The van der Waals surface area contributed by atoms with E-state index in [9.17, 15) is 13.6 Å². The molecule has 0 saturated carbocycles. The Morgan fingerprint density at radius 2 is 1.81 bits per heavy atom. The van der Waals surface area contributed by atoms with Crippen LogP contribution in [0.2, 0.25) is 0 Å². The zero-order chi connectivity index (χ0) is 21.2. The first kappa shape index (κ1) is 18.7. The Labute approximate surface area is 177 Å². The predicted molar refractivity (Wildman–Crippen MR) is 107 cm³/mol. The molecule has 3 aromatic rings. The number of hydrogen-bond donors (Lipinski definition) is 0. The molecular weight excluding hydrogens is 404 g/mol. The third-order valence-electron chi connectivity index (χ3n) is 6.82. The molecule has 0 radical (unpaired) electrons. The lowest BCUT2D eigenvalue weighted by molar-refractivity contribution is -0.140. The van der Waals surface area contributed by atoms with Crippen molar-refractivity contribution in [1.82, 2.24) is 19.5 Å². The minimum atomic E-state index is -0.933. The zero-order valence-corrected chi connectivity index (χ0v) is 16.7. The van der Waals surface area contributed by atoms with Crippen LogP contribution in [-0.4, -0.2) is 50.3 Å². The van der Waals surface area contributed by atoms with Crippen molar-refractivity contribution in [1.29, 1.82) is 0 Å². The number of hydrogen-bond acceptors (Lipinski definition) is 5. The fourth-order valence-corrected chi connectivity index (χ4v) is 5.32. The summed E-state index contributed by atoms with van der Waals surface area (Å²) in [5.41, 5.74) is -0.201. The number of nitrogens with zero attached hydrogens (tertiary/aromatic N) is 5. The Hall–Kier alpha value is -3.07. The topological polar surface area (TPSA) is 63.0 Å². The fraction of sp³-hybridized carbons (Fsp3) is 0.409. The number of rotatable bonds is 2. The quantitative estimate of drug-likeness (QED) is 0.632. The van der Waals surface area contributed by atoms with E-state index in [1.165, 1.54) is 18.2 Å². The van der Waals surface area contributed by atoms with Crippen LogP contribution in [0.25, 0.3) is 5.65 Å². The normalized spacial score (nSPS) is 25.0. The van der Waals surface area contributed by atoms with Gasteiger partial charge in [0.05, 0.1) is 12.2 Å². The van der Waals surface area contributed by atoms with Crippen molar-refractivity contribution in [2.45, 2.75) is 43.6 Å². The van der Waals surface area contributed by atoms with E-state index in [1.54, 1.807) is 21.8 Å². The summed E-state index contributed by atoms with van der Waals surface area (Å²) in [6, 6.07) is 6.95. The SMILES string of the molecule is O=C1N2C(CCC2c2c(F)cccc2F)OC12CCN(c1ccnc3ccnn13)CC2. The Morgan fingerprint density at radius 1 is 1.03 bits per heavy atom. The minimum absolute atomic E-state index is 0.0331. The molecule has 7 nitrogen and oxygen atoms in total. The number of amides is 1. The van der Waals surface area contributed by atoms with Gasteiger partial charge >= 0.3 is 0 Å². The first-order valence-corrected chi connectivity index (χ1v) is 10.6. The van der Waals surface area contributed by atoms with Gasteiger partial charge in [0.15, 0.2) is 11.2 Å². The molecule has 0 bridgehead atoms. The van der Waals surface area contributed by atoms with Crippen LogP contribution in [0, 0.1) is 11.6 Å². The second-order valence-corrected chi connectivity index (χ2v) is 8.40. The summed E-state index contributed by atoms with van der Waals surface area (Å²) in [5.74, 6) is -0.464. The van der Waals surface area contributed by atoms with Crippen molar-refractivity contribution in [2.24, 2.45) is 0 Å². The molecule has 2 atom stereocenters. The van der Waals surface area contributed by atoms with E-state index in [4.69, 9.17) is 4.74 Å². The number of anilines is 1. The first-order valence-electron chi connectivity index (χ1n) is 10.6. The van der Waals surface area contributed by atoms with Crippen molar-refractivity contribution in [3.8, 4) is 0 Å². The summed E-state index contributed by atoms with van der Waals surface area (Å²) in [4.78, 5) is 21.5. The molecule has 0 N–H and O–H groups in total. The summed E-state index contributed by atoms with van der Waals surface area (Å²) < 4.78 is 36.9. The molecule has 3 fully saturated rings. The second-order valence-electron chi connectivity index (χ2n) is 8.40. The number of ether oxygens (including phenoxy) is 1. The Kier molecular flexibility index (Phi) is 4.05. The van der Waals surface area contributed by atoms with Crippen LogP contribution >= 0.6 is 0 Å². The monoisotopic (exact) mass is 425 g/mol. The molecule has 1 amide bonds. The van der Waals surface area contributed by atoms with Gasteiger partial charge in [0.1, 0.15) is 23.7 Å².